The summed E-state index contributed by atoms with van der Waals surface area (Å²) in [7, 11) is 0. The zero-order valence-corrected chi connectivity index (χ0v) is 15.9. The number of carboxylic acids is 1. The topological polar surface area (TPSA) is 57.6 Å². The number of hydrogen-bond donors (Lipinski definition) is 1. The maximum absolute atomic E-state index is 13.3. The minimum atomic E-state index is -4.56. The molecule has 0 aromatic rings. The molecule has 0 radical (unpaired) electrons. The molecular formula is C19H27F4NO3. The van der Waals surface area contributed by atoms with Crippen LogP contribution in [-0.2, 0) is 9.59 Å². The number of carbonyl (C=O) groups is 2. The molecule has 1 unspecified atom stereocenters. The summed E-state index contributed by atoms with van der Waals surface area (Å²) in [5.41, 5.74) is -2.72. The third-order valence-corrected chi connectivity index (χ3v) is 4.61. The molecule has 0 amide bonds. The van der Waals surface area contributed by atoms with Gasteiger partial charge in [0, 0.05) is 24.6 Å². The number of carbonyl (C=O) groups excluding carboxylic acids is 1. The van der Waals surface area contributed by atoms with Crippen molar-refractivity contribution in [1.29, 1.82) is 0 Å². The zero-order chi connectivity index (χ0) is 20.8. The highest BCUT2D eigenvalue weighted by molar-refractivity contribution is 6.17. The van der Waals surface area contributed by atoms with Gasteiger partial charge in [0.1, 0.15) is 11.2 Å². The van der Waals surface area contributed by atoms with Crippen molar-refractivity contribution >= 4 is 11.8 Å². The molecule has 0 aromatic heterocycles. The highest BCUT2D eigenvalue weighted by atomic mass is 19.4. The number of carboxylic acid groups (broad SMARTS) is 1. The van der Waals surface area contributed by atoms with Gasteiger partial charge in [-0.3, -0.25) is 9.69 Å². The van der Waals surface area contributed by atoms with E-state index in [0.29, 0.717) is 32.0 Å². The molecule has 8 heteroatoms. The van der Waals surface area contributed by atoms with Crippen molar-refractivity contribution in [3.05, 3.63) is 23.3 Å². The summed E-state index contributed by atoms with van der Waals surface area (Å²) >= 11 is 0. The van der Waals surface area contributed by atoms with E-state index >= 15 is 0 Å². The van der Waals surface area contributed by atoms with Gasteiger partial charge in [-0.05, 0) is 39.3 Å². The molecule has 0 aliphatic carbocycles. The molecule has 1 saturated heterocycles. The molecule has 4 nitrogen and oxygen atoms in total. The van der Waals surface area contributed by atoms with Crippen molar-refractivity contribution in [2.24, 2.45) is 5.92 Å². The van der Waals surface area contributed by atoms with Gasteiger partial charge < -0.3 is 5.11 Å². The third-order valence-electron chi connectivity index (χ3n) is 4.61. The first kappa shape index (κ1) is 23.3. The Kier molecular flexibility index (Phi) is 8.20. The molecule has 1 heterocycles. The fraction of sp³-hybridized carbons (Fsp3) is 0.684. The van der Waals surface area contributed by atoms with Crippen molar-refractivity contribution in [3.63, 3.8) is 0 Å². The Hall–Kier alpha value is -1.70. The summed E-state index contributed by atoms with van der Waals surface area (Å²) in [6.07, 6.45) is -0.418. The van der Waals surface area contributed by atoms with E-state index in [1.165, 1.54) is 0 Å². The van der Waals surface area contributed by atoms with Gasteiger partial charge >= 0.3 is 12.1 Å². The van der Waals surface area contributed by atoms with Crippen LogP contribution in [0.4, 0.5) is 17.6 Å². The number of unbranched alkanes of at least 4 members (excludes halogenated alkanes) is 2. The third kappa shape index (κ3) is 7.82. The number of likely N-dealkylation sites (tertiary alicyclic amines) is 1. The molecule has 27 heavy (non-hydrogen) atoms. The molecule has 0 aromatic carbocycles. The van der Waals surface area contributed by atoms with Crippen LogP contribution in [0.2, 0.25) is 0 Å². The van der Waals surface area contributed by atoms with Crippen molar-refractivity contribution in [2.75, 3.05) is 19.6 Å². The Labute approximate surface area is 156 Å². The largest absolute Gasteiger partial charge is 0.478 e. The lowest BCUT2D eigenvalue weighted by Crippen LogP contribution is -2.57. The van der Waals surface area contributed by atoms with Crippen LogP contribution in [-0.4, -0.2) is 53.2 Å². The molecule has 1 rings (SSSR count). The number of halogens is 4. The monoisotopic (exact) mass is 393 g/mol. The van der Waals surface area contributed by atoms with E-state index in [-0.39, 0.29) is 0 Å². The summed E-state index contributed by atoms with van der Waals surface area (Å²) in [5.74, 6) is -2.81. The molecule has 0 spiro atoms. The fourth-order valence-corrected chi connectivity index (χ4v) is 2.97. The molecule has 154 valence electrons. The zero-order valence-electron chi connectivity index (χ0n) is 15.9. The van der Waals surface area contributed by atoms with Crippen molar-refractivity contribution in [1.82, 2.24) is 4.90 Å². The smallest absolute Gasteiger partial charge is 0.412 e. The molecule has 0 bridgehead atoms. The molecule has 1 N–H and O–H groups in total. The molecule has 1 aliphatic heterocycles. The van der Waals surface area contributed by atoms with Gasteiger partial charge in [-0.15, -0.1) is 0 Å². The number of allylic oxidation sites excluding steroid dienone is 3. The standard InChI is InChI=1S/C19H27F4NO3/c1-13(7-5-4-6-10-24-11-18(3,20)12-24)16(25)15(17(26)27)9-8-14(2)19(21,22)23/h8-9,13H,4-7,10-12H2,1-3H3,(H,26,27)/b14-8+,15-9+. The lowest BCUT2D eigenvalue weighted by atomic mass is 9.93. The average Bonchev–Trinajstić information content (AvgIpc) is 2.50. The van der Waals surface area contributed by atoms with Crippen LogP contribution < -0.4 is 0 Å². The molecule has 1 fully saturated rings. The number of Topliss-reactive ketones (excluding diaryl/α,β-unsaturated/α-hetero) is 1. The van der Waals surface area contributed by atoms with E-state index in [1.54, 1.807) is 13.8 Å². The molecule has 0 saturated carbocycles. The normalized spacial score (nSPS) is 19.5. The van der Waals surface area contributed by atoms with E-state index in [4.69, 9.17) is 5.11 Å². The van der Waals surface area contributed by atoms with E-state index < -0.39 is 40.7 Å². The van der Waals surface area contributed by atoms with Gasteiger partial charge in [-0.1, -0.05) is 25.8 Å². The Bertz CT molecular complexity index is 601. The maximum atomic E-state index is 13.3. The van der Waals surface area contributed by atoms with Crippen LogP contribution in [0.5, 0.6) is 0 Å². The van der Waals surface area contributed by atoms with Crippen LogP contribution in [0.1, 0.15) is 46.5 Å². The lowest BCUT2D eigenvalue weighted by molar-refractivity contribution is -0.135. The lowest BCUT2D eigenvalue weighted by Gasteiger charge is -2.42. The first-order valence-electron chi connectivity index (χ1n) is 8.98. The van der Waals surface area contributed by atoms with Crippen LogP contribution in [0.15, 0.2) is 23.3 Å². The SMILES string of the molecule is C/C(=C\C=C(\C(=O)O)C(=O)C(C)CCCCCN1CC(C)(F)C1)C(F)(F)F. The molecule has 1 aliphatic rings. The predicted molar refractivity (Wildman–Crippen MR) is 94.1 cm³/mol. The average molecular weight is 393 g/mol. The summed E-state index contributed by atoms with van der Waals surface area (Å²) in [4.78, 5) is 25.5. The van der Waals surface area contributed by atoms with Gasteiger partial charge in [0.2, 0.25) is 0 Å². The summed E-state index contributed by atoms with van der Waals surface area (Å²) < 4.78 is 50.8. The molecule has 1 atom stereocenters. The van der Waals surface area contributed by atoms with E-state index in [2.05, 4.69) is 0 Å². The predicted octanol–water partition coefficient (Wildman–Crippen LogP) is 4.32. The Balaban J connectivity index is 2.46. The van der Waals surface area contributed by atoms with E-state index in [0.717, 1.165) is 32.4 Å². The van der Waals surface area contributed by atoms with Crippen molar-refractivity contribution in [2.45, 2.75) is 58.3 Å². The highest BCUT2D eigenvalue weighted by Gasteiger charge is 2.37. The van der Waals surface area contributed by atoms with Gasteiger partial charge in [0.15, 0.2) is 5.78 Å². The maximum Gasteiger partial charge on any atom is 0.412 e. The molecular weight excluding hydrogens is 366 g/mol. The van der Waals surface area contributed by atoms with Crippen molar-refractivity contribution in [3.8, 4) is 0 Å². The van der Waals surface area contributed by atoms with Crippen LogP contribution in [0, 0.1) is 5.92 Å². The number of aliphatic carboxylic acids is 1. The summed E-state index contributed by atoms with van der Waals surface area (Å²) in [6.45, 7) is 5.59. The Morgan fingerprint density at radius 3 is 2.26 bits per heavy atom. The number of ketones is 1. The number of rotatable bonds is 10. The second kappa shape index (κ2) is 9.48. The second-order valence-electron chi connectivity index (χ2n) is 7.47. The van der Waals surface area contributed by atoms with Gasteiger partial charge in [-0.25, -0.2) is 9.18 Å². The number of alkyl halides is 4. The van der Waals surface area contributed by atoms with Crippen LogP contribution in [0.3, 0.4) is 0 Å². The van der Waals surface area contributed by atoms with Crippen LogP contribution in [0.25, 0.3) is 0 Å². The Morgan fingerprint density at radius 2 is 1.78 bits per heavy atom. The number of hydrogen-bond acceptors (Lipinski definition) is 3. The highest BCUT2D eigenvalue weighted by Crippen LogP contribution is 2.26. The van der Waals surface area contributed by atoms with Gasteiger partial charge in [0.05, 0.1) is 0 Å². The quantitative estimate of drug-likeness (QED) is 0.150. The minimum Gasteiger partial charge on any atom is -0.478 e. The number of nitrogens with zero attached hydrogens (tertiary/aromatic N) is 1. The van der Waals surface area contributed by atoms with Gasteiger partial charge in [-0.2, -0.15) is 13.2 Å². The first-order chi connectivity index (χ1) is 12.3. The van der Waals surface area contributed by atoms with E-state index in [9.17, 15) is 27.2 Å². The van der Waals surface area contributed by atoms with Gasteiger partial charge in [0.25, 0.3) is 0 Å². The van der Waals surface area contributed by atoms with Crippen LogP contribution >= 0.6 is 0 Å². The fourth-order valence-electron chi connectivity index (χ4n) is 2.97. The van der Waals surface area contributed by atoms with Crippen molar-refractivity contribution < 1.29 is 32.3 Å². The minimum absolute atomic E-state index is 0.430. The second-order valence-corrected chi connectivity index (χ2v) is 7.47. The Morgan fingerprint density at radius 1 is 1.19 bits per heavy atom. The summed E-state index contributed by atoms with van der Waals surface area (Å²) in [6, 6.07) is 0. The summed E-state index contributed by atoms with van der Waals surface area (Å²) in [5, 5.41) is 9.12. The van der Waals surface area contributed by atoms with E-state index in [1.807, 2.05) is 4.90 Å². The first-order valence-corrected chi connectivity index (χ1v) is 8.98.